The van der Waals surface area contributed by atoms with Crippen LogP contribution in [0.4, 0.5) is 5.69 Å². The predicted octanol–water partition coefficient (Wildman–Crippen LogP) is 3.24. The van der Waals surface area contributed by atoms with Gasteiger partial charge in [0.15, 0.2) is 0 Å². The number of hydrogen-bond donors (Lipinski definition) is 1. The highest BCUT2D eigenvalue weighted by molar-refractivity contribution is 8.00. The summed E-state index contributed by atoms with van der Waals surface area (Å²) in [7, 11) is 0. The van der Waals surface area contributed by atoms with Gasteiger partial charge in [-0.3, -0.25) is 4.90 Å². The Balaban J connectivity index is 1.71. The van der Waals surface area contributed by atoms with E-state index in [4.69, 9.17) is 0 Å². The van der Waals surface area contributed by atoms with Crippen molar-refractivity contribution in [3.63, 3.8) is 0 Å². The molecule has 1 saturated heterocycles. The molecule has 19 heavy (non-hydrogen) atoms. The van der Waals surface area contributed by atoms with E-state index in [1.165, 1.54) is 36.4 Å². The number of benzene rings is 1. The van der Waals surface area contributed by atoms with E-state index in [1.807, 2.05) is 0 Å². The molecule has 0 saturated carbocycles. The fourth-order valence-corrected chi connectivity index (χ4v) is 4.44. The van der Waals surface area contributed by atoms with Gasteiger partial charge in [-0.2, -0.15) is 11.8 Å². The Kier molecular flexibility index (Phi) is 4.04. The minimum absolute atomic E-state index is 0.686. The zero-order chi connectivity index (χ0) is 13.2. The Morgan fingerprint density at radius 3 is 3.00 bits per heavy atom. The van der Waals surface area contributed by atoms with Crippen molar-refractivity contribution < 1.29 is 0 Å². The second-order valence-electron chi connectivity index (χ2n) is 5.78. The zero-order valence-corrected chi connectivity index (χ0v) is 12.7. The summed E-state index contributed by atoms with van der Waals surface area (Å²) in [4.78, 5) is 2.74. The van der Waals surface area contributed by atoms with Gasteiger partial charge in [0.2, 0.25) is 0 Å². The van der Waals surface area contributed by atoms with Gasteiger partial charge in [0.05, 0.1) is 0 Å². The first-order chi connectivity index (χ1) is 9.25. The summed E-state index contributed by atoms with van der Waals surface area (Å²) in [6.45, 7) is 7.12. The van der Waals surface area contributed by atoms with Crippen LogP contribution < -0.4 is 5.32 Å². The van der Waals surface area contributed by atoms with Crippen molar-refractivity contribution in [1.29, 1.82) is 0 Å². The van der Waals surface area contributed by atoms with Crippen molar-refractivity contribution in [2.24, 2.45) is 0 Å². The molecule has 0 aromatic heterocycles. The fourth-order valence-electron chi connectivity index (χ4n) is 3.32. The Morgan fingerprint density at radius 1 is 1.26 bits per heavy atom. The molecule has 2 aliphatic heterocycles. The van der Waals surface area contributed by atoms with Crippen LogP contribution in [0.5, 0.6) is 0 Å². The molecule has 3 unspecified atom stereocenters. The van der Waals surface area contributed by atoms with Gasteiger partial charge in [0, 0.05) is 41.9 Å². The monoisotopic (exact) mass is 276 g/mol. The van der Waals surface area contributed by atoms with Crippen LogP contribution in [0.25, 0.3) is 0 Å². The van der Waals surface area contributed by atoms with Crippen molar-refractivity contribution in [2.45, 2.75) is 44.0 Å². The highest BCUT2D eigenvalue weighted by atomic mass is 32.2. The second kappa shape index (κ2) is 5.76. The molecule has 2 aliphatic rings. The summed E-state index contributed by atoms with van der Waals surface area (Å²) in [6.07, 6.45) is 2.49. The Hall–Kier alpha value is -0.670. The van der Waals surface area contributed by atoms with Crippen molar-refractivity contribution in [2.75, 3.05) is 24.2 Å². The largest absolute Gasteiger partial charge is 0.383 e. The summed E-state index contributed by atoms with van der Waals surface area (Å²) >= 11 is 2.12. The molecule has 0 amide bonds. The van der Waals surface area contributed by atoms with Crippen LogP contribution >= 0.6 is 11.8 Å². The molecule has 3 atom stereocenters. The number of aryl methyl sites for hydroxylation is 1. The number of nitrogens with one attached hydrogen (secondary N) is 1. The first-order valence-corrected chi connectivity index (χ1v) is 8.49. The van der Waals surface area contributed by atoms with E-state index in [2.05, 4.69) is 60.1 Å². The maximum absolute atomic E-state index is 3.66. The molecule has 0 bridgehead atoms. The molecule has 1 N–H and O–H groups in total. The van der Waals surface area contributed by atoms with Gasteiger partial charge >= 0.3 is 0 Å². The maximum atomic E-state index is 3.66. The smallest absolute Gasteiger partial charge is 0.0373 e. The highest BCUT2D eigenvalue weighted by Gasteiger charge is 2.31. The Bertz CT molecular complexity index is 408. The minimum atomic E-state index is 0.686. The molecule has 1 fully saturated rings. The predicted molar refractivity (Wildman–Crippen MR) is 85.1 cm³/mol. The first-order valence-electron chi connectivity index (χ1n) is 7.45. The van der Waals surface area contributed by atoms with Gasteiger partial charge in [-0.15, -0.1) is 0 Å². The lowest BCUT2D eigenvalue weighted by atomic mass is 10.0. The van der Waals surface area contributed by atoms with Crippen LogP contribution in [-0.4, -0.2) is 41.1 Å². The summed E-state index contributed by atoms with van der Waals surface area (Å²) < 4.78 is 0. The number of anilines is 1. The van der Waals surface area contributed by atoms with Crippen molar-refractivity contribution in [3.8, 4) is 0 Å². The first kappa shape index (κ1) is 13.3. The van der Waals surface area contributed by atoms with E-state index in [1.54, 1.807) is 0 Å². The molecule has 2 nitrogen and oxygen atoms in total. The average Bonchev–Trinajstić information content (AvgIpc) is 2.65. The summed E-state index contributed by atoms with van der Waals surface area (Å²) in [5.41, 5.74) is 2.83. The van der Waals surface area contributed by atoms with Crippen LogP contribution in [0.15, 0.2) is 24.3 Å². The molecule has 0 aliphatic carbocycles. The van der Waals surface area contributed by atoms with Crippen molar-refractivity contribution >= 4 is 17.4 Å². The summed E-state index contributed by atoms with van der Waals surface area (Å²) in [6, 6.07) is 10.2. The Labute approximate surface area is 121 Å². The van der Waals surface area contributed by atoms with Crippen molar-refractivity contribution in [3.05, 3.63) is 29.8 Å². The van der Waals surface area contributed by atoms with E-state index in [9.17, 15) is 0 Å². The molecule has 0 radical (unpaired) electrons. The third kappa shape index (κ3) is 2.77. The summed E-state index contributed by atoms with van der Waals surface area (Å²) in [5.74, 6) is 1.29. The Morgan fingerprint density at radius 2 is 2.11 bits per heavy atom. The molecule has 1 aromatic carbocycles. The third-order valence-corrected chi connectivity index (χ3v) is 6.03. The molecule has 2 heterocycles. The molecular weight excluding hydrogens is 252 g/mol. The number of hydrogen-bond acceptors (Lipinski definition) is 3. The molecule has 0 spiro atoms. The quantitative estimate of drug-likeness (QED) is 0.848. The van der Waals surface area contributed by atoms with Crippen LogP contribution in [0.2, 0.25) is 0 Å². The molecule has 3 rings (SSSR count). The molecule has 1 aromatic rings. The number of fused-ring (bicyclic) bond motifs is 1. The normalized spacial score (nSPS) is 32.2. The number of thioether (sulfide) groups is 1. The SMILES string of the molecule is CC1SCCN(C2CCc3ccccc3NC2)C1C. The molecular formula is C16H24N2S. The zero-order valence-electron chi connectivity index (χ0n) is 11.9. The lowest BCUT2D eigenvalue weighted by molar-refractivity contribution is 0.147. The molecule has 3 heteroatoms. The second-order valence-corrected chi connectivity index (χ2v) is 7.27. The number of rotatable bonds is 1. The highest BCUT2D eigenvalue weighted by Crippen LogP contribution is 2.29. The number of nitrogens with zero attached hydrogens (tertiary/aromatic N) is 1. The number of para-hydroxylation sites is 1. The van der Waals surface area contributed by atoms with Crippen LogP contribution in [0.1, 0.15) is 25.8 Å². The van der Waals surface area contributed by atoms with E-state index in [0.29, 0.717) is 12.1 Å². The lowest BCUT2D eigenvalue weighted by Crippen LogP contribution is -2.52. The lowest BCUT2D eigenvalue weighted by Gasteiger charge is -2.42. The van der Waals surface area contributed by atoms with Crippen molar-refractivity contribution in [1.82, 2.24) is 4.90 Å². The average molecular weight is 276 g/mol. The van der Waals surface area contributed by atoms with E-state index >= 15 is 0 Å². The van der Waals surface area contributed by atoms with Gasteiger partial charge < -0.3 is 5.32 Å². The van der Waals surface area contributed by atoms with Gasteiger partial charge in [-0.25, -0.2) is 0 Å². The maximum Gasteiger partial charge on any atom is 0.0373 e. The molecule has 104 valence electrons. The van der Waals surface area contributed by atoms with E-state index in [-0.39, 0.29) is 0 Å². The van der Waals surface area contributed by atoms with Gasteiger partial charge in [-0.05, 0) is 31.4 Å². The van der Waals surface area contributed by atoms with Gasteiger partial charge in [-0.1, -0.05) is 25.1 Å². The van der Waals surface area contributed by atoms with E-state index < -0.39 is 0 Å². The van der Waals surface area contributed by atoms with Crippen LogP contribution in [0.3, 0.4) is 0 Å². The fraction of sp³-hybridized carbons (Fsp3) is 0.625. The third-order valence-electron chi connectivity index (χ3n) is 4.69. The van der Waals surface area contributed by atoms with Crippen LogP contribution in [-0.2, 0) is 6.42 Å². The van der Waals surface area contributed by atoms with Crippen LogP contribution in [0, 0.1) is 0 Å². The van der Waals surface area contributed by atoms with Gasteiger partial charge in [0.25, 0.3) is 0 Å². The topological polar surface area (TPSA) is 15.3 Å². The standard InChI is InChI=1S/C16H24N2S/c1-12-13(2)19-10-9-18(12)15-8-7-14-5-3-4-6-16(14)17-11-15/h3-6,12-13,15,17H,7-11H2,1-2H3. The minimum Gasteiger partial charge on any atom is -0.383 e. The van der Waals surface area contributed by atoms with Gasteiger partial charge in [0.1, 0.15) is 0 Å². The summed E-state index contributed by atoms with van der Waals surface area (Å²) in [5, 5.41) is 4.42. The van der Waals surface area contributed by atoms with E-state index in [0.717, 1.165) is 11.8 Å².